The van der Waals surface area contributed by atoms with Gasteiger partial charge in [-0.05, 0) is 37.3 Å². The summed E-state index contributed by atoms with van der Waals surface area (Å²) in [6.45, 7) is 7.14. The van der Waals surface area contributed by atoms with Crippen molar-refractivity contribution < 1.29 is 22.9 Å². The quantitative estimate of drug-likeness (QED) is 0.340. The van der Waals surface area contributed by atoms with Gasteiger partial charge in [0.2, 0.25) is 21.8 Å². The van der Waals surface area contributed by atoms with E-state index in [4.69, 9.17) is 0 Å². The Labute approximate surface area is 212 Å². The van der Waals surface area contributed by atoms with Gasteiger partial charge in [0.15, 0.2) is 0 Å². The highest BCUT2D eigenvalue weighted by molar-refractivity contribution is 7.92. The van der Waals surface area contributed by atoms with Crippen LogP contribution in [0.1, 0.15) is 31.9 Å². The normalized spacial score (nSPS) is 12.2. The summed E-state index contributed by atoms with van der Waals surface area (Å²) in [4.78, 5) is 38.3. The molecule has 0 saturated carbocycles. The summed E-state index contributed by atoms with van der Waals surface area (Å²) in [7, 11) is -3.98. The predicted molar refractivity (Wildman–Crippen MR) is 139 cm³/mol. The molecular formula is C25H34N4O6S. The number of nitrogens with zero attached hydrogens (tertiary/aromatic N) is 3. The number of non-ortho nitro benzene ring substituents is 1. The monoisotopic (exact) mass is 518 g/mol. The molecule has 2 aromatic rings. The number of rotatable bonds is 12. The van der Waals surface area contributed by atoms with Gasteiger partial charge in [-0.25, -0.2) is 8.42 Å². The Kier molecular flexibility index (Phi) is 9.97. The van der Waals surface area contributed by atoms with Crippen molar-refractivity contribution >= 4 is 33.2 Å². The Balaban J connectivity index is 2.38. The molecule has 0 aliphatic heterocycles. The Morgan fingerprint density at radius 2 is 1.72 bits per heavy atom. The third-order valence-electron chi connectivity index (χ3n) is 5.69. The summed E-state index contributed by atoms with van der Waals surface area (Å²) in [5.74, 6) is -0.718. The van der Waals surface area contributed by atoms with Crippen molar-refractivity contribution in [3.63, 3.8) is 0 Å². The van der Waals surface area contributed by atoms with Gasteiger partial charge in [0.05, 0.1) is 16.9 Å². The molecule has 11 heteroatoms. The number of amides is 2. The van der Waals surface area contributed by atoms with E-state index in [9.17, 15) is 28.1 Å². The summed E-state index contributed by atoms with van der Waals surface area (Å²) in [6.07, 6.45) is 1.40. The van der Waals surface area contributed by atoms with Crippen LogP contribution in [-0.2, 0) is 26.0 Å². The van der Waals surface area contributed by atoms with Crippen LogP contribution in [0, 0.1) is 23.0 Å². The number of sulfonamides is 1. The number of carbonyl (C=O) groups is 2. The van der Waals surface area contributed by atoms with Gasteiger partial charge >= 0.3 is 0 Å². The fraction of sp³-hybridized carbons (Fsp3) is 0.440. The molecular weight excluding hydrogens is 484 g/mol. The van der Waals surface area contributed by atoms with Crippen molar-refractivity contribution in [2.24, 2.45) is 5.92 Å². The highest BCUT2D eigenvalue weighted by Crippen LogP contribution is 2.27. The molecule has 2 aromatic carbocycles. The topological polar surface area (TPSA) is 130 Å². The van der Waals surface area contributed by atoms with Gasteiger partial charge in [0.25, 0.3) is 5.69 Å². The molecule has 196 valence electrons. The lowest BCUT2D eigenvalue weighted by Gasteiger charge is -2.32. The zero-order valence-corrected chi connectivity index (χ0v) is 22.1. The van der Waals surface area contributed by atoms with E-state index in [0.29, 0.717) is 18.5 Å². The van der Waals surface area contributed by atoms with E-state index in [1.54, 1.807) is 13.8 Å². The fourth-order valence-corrected chi connectivity index (χ4v) is 4.50. The summed E-state index contributed by atoms with van der Waals surface area (Å²) >= 11 is 0. The molecule has 0 spiro atoms. The highest BCUT2D eigenvalue weighted by atomic mass is 32.2. The molecule has 2 amide bonds. The Morgan fingerprint density at radius 1 is 1.08 bits per heavy atom. The van der Waals surface area contributed by atoms with Crippen LogP contribution in [0.4, 0.5) is 11.4 Å². The standard InChI is InChI=1S/C25H34N4O6S/c1-18(2)16-26-25(31)20(4)27(14-13-21-9-7-6-8-10-21)24(30)17-28(36(5,34)35)23-15-22(29(32)33)12-11-19(23)3/h6-12,15,18,20H,13-14,16-17H2,1-5H3,(H,26,31)/t20-/m0/s1. The summed E-state index contributed by atoms with van der Waals surface area (Å²) in [6, 6.07) is 12.4. The van der Waals surface area contributed by atoms with Crippen molar-refractivity contribution in [3.8, 4) is 0 Å². The van der Waals surface area contributed by atoms with Crippen LogP contribution in [0.2, 0.25) is 0 Å². The third kappa shape index (κ3) is 8.04. The van der Waals surface area contributed by atoms with E-state index in [1.807, 2.05) is 44.2 Å². The number of benzene rings is 2. The van der Waals surface area contributed by atoms with E-state index in [1.165, 1.54) is 17.0 Å². The Bertz CT molecular complexity index is 1180. The maximum Gasteiger partial charge on any atom is 0.271 e. The number of nitro benzene ring substituents is 1. The third-order valence-corrected chi connectivity index (χ3v) is 6.81. The minimum absolute atomic E-state index is 0.0416. The molecule has 0 radical (unpaired) electrons. The first-order chi connectivity index (χ1) is 16.8. The molecule has 0 aliphatic carbocycles. The van der Waals surface area contributed by atoms with E-state index >= 15 is 0 Å². The molecule has 0 heterocycles. The van der Waals surface area contributed by atoms with Crippen molar-refractivity contribution in [1.82, 2.24) is 10.2 Å². The highest BCUT2D eigenvalue weighted by Gasteiger charge is 2.31. The molecule has 0 saturated heterocycles. The molecule has 1 atom stereocenters. The molecule has 36 heavy (non-hydrogen) atoms. The van der Waals surface area contributed by atoms with E-state index in [0.717, 1.165) is 22.2 Å². The average molecular weight is 519 g/mol. The van der Waals surface area contributed by atoms with Gasteiger partial charge in [-0.15, -0.1) is 0 Å². The van der Waals surface area contributed by atoms with Crippen LogP contribution in [0.15, 0.2) is 48.5 Å². The number of nitro groups is 1. The smallest absolute Gasteiger partial charge is 0.271 e. The minimum Gasteiger partial charge on any atom is -0.354 e. The van der Waals surface area contributed by atoms with Crippen molar-refractivity contribution in [2.75, 3.05) is 30.2 Å². The molecule has 0 bridgehead atoms. The van der Waals surface area contributed by atoms with Crippen LogP contribution < -0.4 is 9.62 Å². The first kappa shape index (κ1) is 28.8. The lowest BCUT2D eigenvalue weighted by atomic mass is 10.1. The fourth-order valence-electron chi connectivity index (χ4n) is 3.60. The largest absolute Gasteiger partial charge is 0.354 e. The second-order valence-electron chi connectivity index (χ2n) is 9.14. The minimum atomic E-state index is -3.98. The molecule has 1 N–H and O–H groups in total. The van der Waals surface area contributed by atoms with Gasteiger partial charge in [-0.2, -0.15) is 0 Å². The number of anilines is 1. The van der Waals surface area contributed by atoms with E-state index < -0.39 is 33.4 Å². The van der Waals surface area contributed by atoms with Gasteiger partial charge in [0, 0.05) is 25.2 Å². The van der Waals surface area contributed by atoms with Crippen LogP contribution in [0.3, 0.4) is 0 Å². The summed E-state index contributed by atoms with van der Waals surface area (Å²) in [5, 5.41) is 14.1. The molecule has 10 nitrogen and oxygen atoms in total. The van der Waals surface area contributed by atoms with Gasteiger partial charge in [-0.3, -0.25) is 24.0 Å². The first-order valence-electron chi connectivity index (χ1n) is 11.6. The maximum absolute atomic E-state index is 13.5. The van der Waals surface area contributed by atoms with Crippen LogP contribution in [-0.4, -0.2) is 62.0 Å². The summed E-state index contributed by atoms with van der Waals surface area (Å²) < 4.78 is 26.2. The van der Waals surface area contributed by atoms with Gasteiger partial charge < -0.3 is 10.2 Å². The number of hydrogen-bond acceptors (Lipinski definition) is 6. The first-order valence-corrected chi connectivity index (χ1v) is 13.5. The molecule has 2 rings (SSSR count). The second-order valence-corrected chi connectivity index (χ2v) is 11.0. The lowest BCUT2D eigenvalue weighted by Crippen LogP contribution is -2.52. The number of nitrogens with one attached hydrogen (secondary N) is 1. The Morgan fingerprint density at radius 3 is 2.28 bits per heavy atom. The summed E-state index contributed by atoms with van der Waals surface area (Å²) in [5.41, 5.74) is 1.16. The number of hydrogen-bond donors (Lipinski definition) is 1. The van der Waals surface area contributed by atoms with Gasteiger partial charge in [-0.1, -0.05) is 50.2 Å². The van der Waals surface area contributed by atoms with Crippen molar-refractivity contribution in [2.45, 2.75) is 40.2 Å². The molecule has 0 unspecified atom stereocenters. The van der Waals surface area contributed by atoms with E-state index in [-0.39, 0.29) is 29.7 Å². The van der Waals surface area contributed by atoms with Crippen molar-refractivity contribution in [1.29, 1.82) is 0 Å². The van der Waals surface area contributed by atoms with Gasteiger partial charge in [0.1, 0.15) is 12.6 Å². The molecule has 0 aromatic heterocycles. The molecule has 0 fully saturated rings. The zero-order chi connectivity index (χ0) is 27.0. The van der Waals surface area contributed by atoms with Crippen LogP contribution >= 0.6 is 0 Å². The van der Waals surface area contributed by atoms with Crippen LogP contribution in [0.5, 0.6) is 0 Å². The predicted octanol–water partition coefficient (Wildman–Crippen LogP) is 2.90. The number of aryl methyl sites for hydroxylation is 1. The number of carbonyl (C=O) groups excluding carboxylic acids is 2. The lowest BCUT2D eigenvalue weighted by molar-refractivity contribution is -0.384. The second kappa shape index (κ2) is 12.5. The average Bonchev–Trinajstić information content (AvgIpc) is 2.81. The zero-order valence-electron chi connectivity index (χ0n) is 21.3. The maximum atomic E-state index is 13.5. The Hall–Kier alpha value is -3.47. The molecule has 0 aliphatic rings. The van der Waals surface area contributed by atoms with Crippen molar-refractivity contribution in [3.05, 3.63) is 69.8 Å². The SMILES string of the molecule is Cc1ccc([N+](=O)[O-])cc1N(CC(=O)N(CCc1ccccc1)[C@@H](C)C(=O)NCC(C)C)S(C)(=O)=O. The van der Waals surface area contributed by atoms with Crippen LogP contribution in [0.25, 0.3) is 0 Å². The van der Waals surface area contributed by atoms with E-state index in [2.05, 4.69) is 5.32 Å².